The minimum Gasteiger partial charge on any atom is -0.439 e. The van der Waals surface area contributed by atoms with Crippen molar-refractivity contribution in [2.75, 3.05) is 5.32 Å². The van der Waals surface area contributed by atoms with Crippen molar-refractivity contribution in [3.63, 3.8) is 0 Å². The van der Waals surface area contributed by atoms with Crippen molar-refractivity contribution in [3.05, 3.63) is 72.4 Å². The van der Waals surface area contributed by atoms with Crippen molar-refractivity contribution in [3.8, 4) is 23.1 Å². The van der Waals surface area contributed by atoms with Gasteiger partial charge in [0.2, 0.25) is 5.88 Å². The maximum absolute atomic E-state index is 12.8. The van der Waals surface area contributed by atoms with Crippen LogP contribution in [0.5, 0.6) is 11.6 Å². The first-order chi connectivity index (χ1) is 16.1. The van der Waals surface area contributed by atoms with Gasteiger partial charge in [0.1, 0.15) is 29.3 Å². The van der Waals surface area contributed by atoms with Crippen LogP contribution < -0.4 is 10.1 Å². The normalized spacial score (nSPS) is 13.2. The molecule has 1 fully saturated rings. The summed E-state index contributed by atoms with van der Waals surface area (Å²) in [6, 6.07) is 12.7. The fourth-order valence-electron chi connectivity index (χ4n) is 3.44. The van der Waals surface area contributed by atoms with E-state index in [4.69, 9.17) is 4.74 Å². The van der Waals surface area contributed by atoms with Crippen LogP contribution in [0.4, 0.5) is 5.82 Å². The fraction of sp³-hybridized carbons (Fsp3) is 0.250. The third-order valence-electron chi connectivity index (χ3n) is 5.34. The second-order valence-electron chi connectivity index (χ2n) is 8.20. The summed E-state index contributed by atoms with van der Waals surface area (Å²) in [6.45, 7) is 4.08. The first kappa shape index (κ1) is 20.7. The molecule has 0 spiro atoms. The quantitative estimate of drug-likeness (QED) is 0.445. The van der Waals surface area contributed by atoms with Crippen molar-refractivity contribution in [1.29, 1.82) is 0 Å². The van der Waals surface area contributed by atoms with Gasteiger partial charge < -0.3 is 14.6 Å². The molecule has 1 aliphatic rings. The maximum atomic E-state index is 12.8. The van der Waals surface area contributed by atoms with Crippen LogP contribution in [0.1, 0.15) is 54.7 Å². The van der Waals surface area contributed by atoms with Crippen LogP contribution in [-0.4, -0.2) is 35.6 Å². The number of carbonyl (C=O) groups is 1. The number of nitrogens with zero attached hydrogens (tertiary/aromatic N) is 6. The molecule has 0 radical (unpaired) electrons. The highest BCUT2D eigenvalue weighted by Gasteiger charge is 2.23. The Bertz CT molecular complexity index is 1280. The van der Waals surface area contributed by atoms with Crippen molar-refractivity contribution < 1.29 is 9.53 Å². The van der Waals surface area contributed by atoms with Crippen molar-refractivity contribution in [2.45, 2.75) is 38.6 Å². The van der Waals surface area contributed by atoms with E-state index >= 15 is 0 Å². The molecule has 0 aliphatic heterocycles. The first-order valence-corrected chi connectivity index (χ1v) is 10.8. The maximum Gasteiger partial charge on any atom is 0.275 e. The molecule has 4 aromatic rings. The Kier molecular flexibility index (Phi) is 5.52. The van der Waals surface area contributed by atoms with Gasteiger partial charge in [0, 0.05) is 30.6 Å². The summed E-state index contributed by atoms with van der Waals surface area (Å²) < 4.78 is 7.73. The van der Waals surface area contributed by atoms with Gasteiger partial charge >= 0.3 is 0 Å². The van der Waals surface area contributed by atoms with Crippen LogP contribution in [0.15, 0.2) is 61.2 Å². The van der Waals surface area contributed by atoms with E-state index in [2.05, 4.69) is 30.5 Å². The summed E-state index contributed by atoms with van der Waals surface area (Å²) in [5.41, 5.74) is 2.06. The molecular formula is C24H23N7O2. The lowest BCUT2D eigenvalue weighted by Gasteiger charge is -2.11. The molecule has 0 unspecified atom stereocenters. The Balaban J connectivity index is 1.29. The van der Waals surface area contributed by atoms with E-state index < -0.39 is 5.91 Å². The number of hydrogen-bond donors (Lipinski definition) is 1. The van der Waals surface area contributed by atoms with Crippen LogP contribution in [0.25, 0.3) is 11.5 Å². The molecule has 0 atom stereocenters. The van der Waals surface area contributed by atoms with Gasteiger partial charge in [0.05, 0.1) is 0 Å². The number of rotatable bonds is 7. The molecule has 1 amide bonds. The van der Waals surface area contributed by atoms with Gasteiger partial charge in [0.15, 0.2) is 5.82 Å². The number of pyridine rings is 3. The molecule has 0 saturated heterocycles. The van der Waals surface area contributed by atoms with E-state index in [1.54, 1.807) is 30.6 Å². The average Bonchev–Trinajstić information content (AvgIpc) is 3.55. The summed E-state index contributed by atoms with van der Waals surface area (Å²) in [5, 5.41) is 10.9. The van der Waals surface area contributed by atoms with Gasteiger partial charge in [-0.15, -0.1) is 10.2 Å². The highest BCUT2D eigenvalue weighted by atomic mass is 16.5. The minimum absolute atomic E-state index is 0.182. The van der Waals surface area contributed by atoms with Gasteiger partial charge in [-0.1, -0.05) is 12.1 Å². The second-order valence-corrected chi connectivity index (χ2v) is 8.20. The highest BCUT2D eigenvalue weighted by Crippen LogP contribution is 2.40. The Morgan fingerprint density at radius 1 is 1.15 bits per heavy atom. The van der Waals surface area contributed by atoms with Crippen LogP contribution in [0, 0.1) is 0 Å². The molecule has 1 saturated carbocycles. The van der Waals surface area contributed by atoms with Gasteiger partial charge in [-0.2, -0.15) is 0 Å². The van der Waals surface area contributed by atoms with Crippen molar-refractivity contribution in [1.82, 2.24) is 29.7 Å². The standard InChI is InChI=1S/C24H23N7O2/c1-15(2)31-14-27-30-23(31)19-4-3-5-21(28-19)29-24(32)20-12-18(10-11-25-20)33-22-9-8-17(13-26-22)16-6-7-16/h3-5,8-16H,6-7H2,1-2H3,(H,28,29,32). The van der Waals surface area contributed by atoms with Crippen LogP contribution in [0.3, 0.4) is 0 Å². The van der Waals surface area contributed by atoms with Gasteiger partial charge in [-0.05, 0) is 56.4 Å². The zero-order valence-electron chi connectivity index (χ0n) is 18.3. The summed E-state index contributed by atoms with van der Waals surface area (Å²) in [6.07, 6.45) is 7.48. The van der Waals surface area contributed by atoms with Crippen LogP contribution >= 0.6 is 0 Å². The van der Waals surface area contributed by atoms with Gasteiger partial charge in [-0.25, -0.2) is 9.97 Å². The van der Waals surface area contributed by atoms with Crippen LogP contribution in [0.2, 0.25) is 0 Å². The largest absolute Gasteiger partial charge is 0.439 e. The molecular weight excluding hydrogens is 418 g/mol. The summed E-state index contributed by atoms with van der Waals surface area (Å²) in [5.74, 6) is 2.22. The molecule has 9 heteroatoms. The molecule has 1 N–H and O–H groups in total. The first-order valence-electron chi connectivity index (χ1n) is 10.8. The van der Waals surface area contributed by atoms with Crippen molar-refractivity contribution in [2.24, 2.45) is 0 Å². The average molecular weight is 441 g/mol. The lowest BCUT2D eigenvalue weighted by atomic mass is 10.2. The lowest BCUT2D eigenvalue weighted by molar-refractivity contribution is 0.102. The molecule has 4 heterocycles. The molecule has 4 aromatic heterocycles. The summed E-state index contributed by atoms with van der Waals surface area (Å²) in [7, 11) is 0. The van der Waals surface area contributed by atoms with Crippen molar-refractivity contribution >= 4 is 11.7 Å². The van der Waals surface area contributed by atoms with E-state index in [0.717, 1.165) is 0 Å². The zero-order chi connectivity index (χ0) is 22.8. The number of carbonyl (C=O) groups excluding carboxylic acids is 1. The zero-order valence-corrected chi connectivity index (χ0v) is 18.3. The molecule has 1 aliphatic carbocycles. The number of aromatic nitrogens is 6. The molecule has 166 valence electrons. The smallest absolute Gasteiger partial charge is 0.275 e. The SMILES string of the molecule is CC(C)n1cnnc1-c1cccc(NC(=O)c2cc(Oc3ccc(C4CC4)cn3)ccn2)n1. The number of nitrogens with one attached hydrogen (secondary N) is 1. The number of ether oxygens (including phenoxy) is 1. The number of hydrogen-bond acceptors (Lipinski definition) is 7. The van der Waals surface area contributed by atoms with E-state index in [-0.39, 0.29) is 11.7 Å². The van der Waals surface area contributed by atoms with E-state index in [9.17, 15) is 4.79 Å². The summed E-state index contributed by atoms with van der Waals surface area (Å²) in [4.78, 5) is 25.8. The Morgan fingerprint density at radius 3 is 2.79 bits per heavy atom. The van der Waals surface area contributed by atoms with E-state index in [1.807, 2.05) is 42.8 Å². The second kappa shape index (κ2) is 8.78. The predicted molar refractivity (Wildman–Crippen MR) is 122 cm³/mol. The van der Waals surface area contributed by atoms with Gasteiger partial charge in [-0.3, -0.25) is 9.78 Å². The highest BCUT2D eigenvalue weighted by molar-refractivity contribution is 6.02. The Morgan fingerprint density at radius 2 is 2.03 bits per heavy atom. The molecule has 33 heavy (non-hydrogen) atoms. The predicted octanol–water partition coefficient (Wildman–Crippen LogP) is 4.63. The topological polar surface area (TPSA) is 108 Å². The molecule has 0 bridgehead atoms. The van der Waals surface area contributed by atoms with Gasteiger partial charge in [0.25, 0.3) is 5.91 Å². The third-order valence-corrected chi connectivity index (χ3v) is 5.34. The van der Waals surface area contributed by atoms with E-state index in [1.165, 1.54) is 24.6 Å². The third kappa shape index (κ3) is 4.72. The number of amides is 1. The van der Waals surface area contributed by atoms with Crippen LogP contribution in [-0.2, 0) is 0 Å². The number of anilines is 1. The molecule has 5 rings (SSSR count). The Labute approximate surface area is 190 Å². The molecule has 9 nitrogen and oxygen atoms in total. The Hall–Kier alpha value is -4.14. The monoisotopic (exact) mass is 441 g/mol. The molecule has 0 aromatic carbocycles. The van der Waals surface area contributed by atoms with E-state index in [0.29, 0.717) is 34.9 Å². The summed E-state index contributed by atoms with van der Waals surface area (Å²) >= 11 is 0. The lowest BCUT2D eigenvalue weighted by Crippen LogP contribution is -2.15. The minimum atomic E-state index is -0.396. The fourth-order valence-corrected chi connectivity index (χ4v) is 3.44.